The molecule has 0 aliphatic carbocycles. The summed E-state index contributed by atoms with van der Waals surface area (Å²) in [5, 5.41) is 7.46. The molecule has 5 nitrogen and oxygen atoms in total. The van der Waals surface area contributed by atoms with Crippen LogP contribution in [0.1, 0.15) is 4.88 Å². The Kier molecular flexibility index (Phi) is 6.30. The zero-order valence-electron chi connectivity index (χ0n) is 11.8. The summed E-state index contributed by atoms with van der Waals surface area (Å²) in [6.45, 7) is 0. The van der Waals surface area contributed by atoms with E-state index >= 15 is 0 Å². The first-order valence-corrected chi connectivity index (χ1v) is 9.34. The maximum Gasteiger partial charge on any atom is 0.208 e. The van der Waals surface area contributed by atoms with Crippen molar-refractivity contribution in [3.63, 3.8) is 0 Å². The van der Waals surface area contributed by atoms with Crippen molar-refractivity contribution in [2.45, 2.75) is 14.0 Å². The van der Waals surface area contributed by atoms with Gasteiger partial charge in [0.1, 0.15) is 11.6 Å². The Morgan fingerprint density at radius 2 is 2.05 bits per heavy atom. The van der Waals surface area contributed by atoms with Crippen LogP contribution in [0.3, 0.4) is 0 Å². The Bertz CT molecular complexity index is 788. The third-order valence-electron chi connectivity index (χ3n) is 2.76. The standard InChI is InChI=1S/C13H14N2O3S3.ClH/c1-18-8-4-3-5-9(6-8)21(16,17)11-7-10(12(14)15)20-13(11)19-2;/h3-7H,1-2H3,(H3,14,15);1H. The normalized spacial score (nSPS) is 10.8. The van der Waals surface area contributed by atoms with E-state index in [0.29, 0.717) is 14.8 Å². The second-order valence-electron chi connectivity index (χ2n) is 4.06. The van der Waals surface area contributed by atoms with Crippen LogP contribution in [0.4, 0.5) is 0 Å². The summed E-state index contributed by atoms with van der Waals surface area (Å²) in [4.78, 5) is 0.782. The van der Waals surface area contributed by atoms with E-state index < -0.39 is 9.84 Å². The van der Waals surface area contributed by atoms with Crippen molar-refractivity contribution >= 4 is 51.2 Å². The minimum Gasteiger partial charge on any atom is -0.497 e. The number of thiophene rings is 1. The molecule has 0 saturated carbocycles. The van der Waals surface area contributed by atoms with Gasteiger partial charge in [-0.15, -0.1) is 35.5 Å². The van der Waals surface area contributed by atoms with Gasteiger partial charge in [-0.1, -0.05) is 6.07 Å². The Morgan fingerprint density at radius 3 is 2.59 bits per heavy atom. The molecular weight excluding hydrogens is 364 g/mol. The largest absolute Gasteiger partial charge is 0.497 e. The smallest absolute Gasteiger partial charge is 0.208 e. The van der Waals surface area contributed by atoms with Gasteiger partial charge in [0.15, 0.2) is 0 Å². The molecule has 0 aliphatic heterocycles. The van der Waals surface area contributed by atoms with E-state index in [4.69, 9.17) is 15.9 Å². The fourth-order valence-electron chi connectivity index (χ4n) is 1.72. The molecule has 1 heterocycles. The molecule has 0 atom stereocenters. The van der Waals surface area contributed by atoms with Gasteiger partial charge >= 0.3 is 0 Å². The highest BCUT2D eigenvalue weighted by atomic mass is 35.5. The van der Waals surface area contributed by atoms with E-state index in [2.05, 4.69) is 0 Å². The molecule has 0 radical (unpaired) electrons. The number of nitrogens with two attached hydrogens (primary N) is 1. The highest BCUT2D eigenvalue weighted by Crippen LogP contribution is 2.37. The number of nitrogen functional groups attached to an aromatic ring is 1. The van der Waals surface area contributed by atoms with E-state index in [9.17, 15) is 8.42 Å². The fraction of sp³-hybridized carbons (Fsp3) is 0.154. The fourth-order valence-corrected chi connectivity index (χ4v) is 5.61. The molecule has 3 N–H and O–H groups in total. The van der Waals surface area contributed by atoms with E-state index in [0.717, 1.165) is 0 Å². The van der Waals surface area contributed by atoms with E-state index in [1.54, 1.807) is 18.4 Å². The highest BCUT2D eigenvalue weighted by molar-refractivity contribution is 8.01. The van der Waals surface area contributed by atoms with E-state index in [1.807, 2.05) is 0 Å². The molecule has 1 aromatic heterocycles. The van der Waals surface area contributed by atoms with Crippen molar-refractivity contribution in [3.05, 3.63) is 35.2 Å². The lowest BCUT2D eigenvalue weighted by atomic mass is 10.3. The number of halogens is 1. The minimum absolute atomic E-state index is 0. The van der Waals surface area contributed by atoms with Gasteiger partial charge in [0.25, 0.3) is 0 Å². The van der Waals surface area contributed by atoms with Gasteiger partial charge in [-0.25, -0.2) is 8.42 Å². The molecule has 0 fully saturated rings. The maximum absolute atomic E-state index is 12.7. The second kappa shape index (κ2) is 7.36. The van der Waals surface area contributed by atoms with Crippen molar-refractivity contribution in [2.24, 2.45) is 5.73 Å². The van der Waals surface area contributed by atoms with E-state index in [1.165, 1.54) is 48.4 Å². The van der Waals surface area contributed by atoms with Crippen LogP contribution in [0.2, 0.25) is 0 Å². The lowest BCUT2D eigenvalue weighted by Crippen LogP contribution is -2.08. The quantitative estimate of drug-likeness (QED) is 0.474. The van der Waals surface area contributed by atoms with Crippen LogP contribution in [0, 0.1) is 5.41 Å². The molecule has 0 saturated heterocycles. The van der Waals surface area contributed by atoms with Crippen LogP contribution < -0.4 is 10.5 Å². The monoisotopic (exact) mass is 378 g/mol. The van der Waals surface area contributed by atoms with Crippen LogP contribution in [-0.4, -0.2) is 27.6 Å². The number of hydrogen-bond donors (Lipinski definition) is 2. The van der Waals surface area contributed by atoms with Crippen LogP contribution in [0.15, 0.2) is 44.3 Å². The molecular formula is C13H15ClN2O3S3. The summed E-state index contributed by atoms with van der Waals surface area (Å²) in [6, 6.07) is 7.76. The first-order chi connectivity index (χ1) is 9.90. The number of rotatable bonds is 5. The van der Waals surface area contributed by atoms with Gasteiger partial charge in [-0.3, -0.25) is 5.41 Å². The van der Waals surface area contributed by atoms with Crippen molar-refractivity contribution in [1.29, 1.82) is 5.41 Å². The Labute approximate surface area is 143 Å². The Balaban J connectivity index is 0.00000242. The molecule has 120 valence electrons. The molecule has 0 spiro atoms. The molecule has 9 heteroatoms. The lowest BCUT2D eigenvalue weighted by Gasteiger charge is -2.06. The Morgan fingerprint density at radius 1 is 1.36 bits per heavy atom. The molecule has 0 amide bonds. The lowest BCUT2D eigenvalue weighted by molar-refractivity contribution is 0.413. The van der Waals surface area contributed by atoms with E-state index in [-0.39, 0.29) is 28.0 Å². The van der Waals surface area contributed by atoms with Crippen LogP contribution in [-0.2, 0) is 9.84 Å². The number of thioether (sulfide) groups is 1. The average Bonchev–Trinajstić information content (AvgIpc) is 2.92. The predicted octanol–water partition coefficient (Wildman–Crippen LogP) is 3.02. The number of hydrogen-bond acceptors (Lipinski definition) is 6. The van der Waals surface area contributed by atoms with Gasteiger partial charge in [-0.2, -0.15) is 0 Å². The Hall–Kier alpha value is -1.22. The van der Waals surface area contributed by atoms with Crippen molar-refractivity contribution in [2.75, 3.05) is 13.4 Å². The summed E-state index contributed by atoms with van der Waals surface area (Å²) < 4.78 is 31.2. The summed E-state index contributed by atoms with van der Waals surface area (Å²) in [5.41, 5.74) is 5.45. The number of sulfone groups is 1. The SMILES string of the molecule is COc1cccc(S(=O)(=O)c2cc(C(=N)N)sc2SC)c1.Cl. The van der Waals surface area contributed by atoms with Gasteiger partial charge < -0.3 is 10.5 Å². The van der Waals surface area contributed by atoms with Crippen LogP contribution >= 0.6 is 35.5 Å². The first-order valence-electron chi connectivity index (χ1n) is 5.81. The third kappa shape index (κ3) is 3.57. The number of benzene rings is 1. The average molecular weight is 379 g/mol. The summed E-state index contributed by atoms with van der Waals surface area (Å²) in [5.74, 6) is 0.339. The zero-order valence-corrected chi connectivity index (χ0v) is 15.1. The highest BCUT2D eigenvalue weighted by Gasteiger charge is 2.25. The maximum atomic E-state index is 12.7. The van der Waals surface area contributed by atoms with Gasteiger partial charge in [0.2, 0.25) is 9.84 Å². The van der Waals surface area contributed by atoms with Crippen molar-refractivity contribution in [1.82, 2.24) is 0 Å². The molecule has 2 rings (SSSR count). The second-order valence-corrected chi connectivity index (χ2v) is 8.11. The summed E-state index contributed by atoms with van der Waals surface area (Å²) in [6.07, 6.45) is 1.79. The van der Waals surface area contributed by atoms with Crippen LogP contribution in [0.5, 0.6) is 5.75 Å². The minimum atomic E-state index is -3.67. The topological polar surface area (TPSA) is 93.2 Å². The molecule has 22 heavy (non-hydrogen) atoms. The van der Waals surface area contributed by atoms with Gasteiger partial charge in [0.05, 0.1) is 26.0 Å². The van der Waals surface area contributed by atoms with Crippen molar-refractivity contribution < 1.29 is 13.2 Å². The molecule has 2 aromatic rings. The first kappa shape index (κ1) is 18.8. The summed E-state index contributed by atoms with van der Waals surface area (Å²) in [7, 11) is -2.19. The third-order valence-corrected chi connectivity index (χ3v) is 7.10. The molecule has 0 aliphatic rings. The predicted molar refractivity (Wildman–Crippen MR) is 92.8 cm³/mol. The number of amidine groups is 1. The van der Waals surface area contributed by atoms with Gasteiger partial charge in [0, 0.05) is 0 Å². The molecule has 1 aromatic carbocycles. The zero-order chi connectivity index (χ0) is 15.6. The number of nitrogens with one attached hydrogen (secondary N) is 1. The van der Waals surface area contributed by atoms with Crippen molar-refractivity contribution in [3.8, 4) is 5.75 Å². The summed E-state index contributed by atoms with van der Waals surface area (Å²) >= 11 is 2.52. The van der Waals surface area contributed by atoms with Crippen LogP contribution in [0.25, 0.3) is 0 Å². The van der Waals surface area contributed by atoms with Gasteiger partial charge in [-0.05, 0) is 30.5 Å². The molecule has 0 unspecified atom stereocenters. The number of ether oxygens (including phenoxy) is 1. The number of methoxy groups -OCH3 is 1. The molecule has 0 bridgehead atoms.